The van der Waals surface area contributed by atoms with Crippen LogP contribution in [0.3, 0.4) is 0 Å². The molecule has 2 aromatic carbocycles. The van der Waals surface area contributed by atoms with Gasteiger partial charge in [-0.3, -0.25) is 4.99 Å². The molecule has 0 N–H and O–H groups in total. The third-order valence-electron chi connectivity index (χ3n) is 2.34. The molecule has 2 aromatic rings. The van der Waals surface area contributed by atoms with E-state index >= 15 is 0 Å². The molecule has 0 saturated carbocycles. The van der Waals surface area contributed by atoms with Crippen molar-refractivity contribution in [2.24, 2.45) is 4.99 Å². The van der Waals surface area contributed by atoms with Crippen molar-refractivity contribution in [1.82, 2.24) is 0 Å². The molecule has 0 heterocycles. The molecule has 0 aliphatic heterocycles. The number of rotatable bonds is 4. The van der Waals surface area contributed by atoms with Crippen LogP contribution in [0.1, 0.15) is 5.56 Å². The number of hydrogen-bond acceptors (Lipinski definition) is 2. The largest absolute Gasteiger partial charge is 0.480 e. The van der Waals surface area contributed by atoms with E-state index in [2.05, 4.69) is 10.9 Å². The summed E-state index contributed by atoms with van der Waals surface area (Å²) in [5.41, 5.74) is 1.82. The molecule has 2 nitrogen and oxygen atoms in total. The van der Waals surface area contributed by atoms with Crippen LogP contribution in [-0.2, 0) is 0 Å². The van der Waals surface area contributed by atoms with Crippen molar-refractivity contribution in [1.29, 1.82) is 0 Å². The van der Waals surface area contributed by atoms with Gasteiger partial charge in [-0.25, -0.2) is 0 Å². The van der Waals surface area contributed by atoms with Crippen molar-refractivity contribution in [3.63, 3.8) is 0 Å². The number of ether oxygens (including phenoxy) is 1. The van der Waals surface area contributed by atoms with Crippen molar-refractivity contribution < 1.29 is 4.74 Å². The Labute approximate surface area is 107 Å². The highest BCUT2D eigenvalue weighted by atomic mass is 16.5. The number of hydrogen-bond donors (Lipinski definition) is 0. The number of terminal acetylenes is 1. The van der Waals surface area contributed by atoms with Crippen LogP contribution in [0.15, 0.2) is 59.6 Å². The van der Waals surface area contributed by atoms with Gasteiger partial charge < -0.3 is 4.74 Å². The Morgan fingerprint density at radius 3 is 2.56 bits per heavy atom. The molecule has 18 heavy (non-hydrogen) atoms. The van der Waals surface area contributed by atoms with E-state index in [-0.39, 0.29) is 6.61 Å². The van der Waals surface area contributed by atoms with Crippen molar-refractivity contribution in [3.8, 4) is 18.1 Å². The van der Waals surface area contributed by atoms with E-state index in [1.807, 2.05) is 54.6 Å². The SMILES string of the molecule is C#CCOc1ccccc1C=Nc1ccccc1. The maximum atomic E-state index is 5.45. The summed E-state index contributed by atoms with van der Waals surface area (Å²) in [5, 5.41) is 0. The molecule has 0 unspecified atom stereocenters. The Kier molecular flexibility index (Phi) is 4.16. The summed E-state index contributed by atoms with van der Waals surface area (Å²) < 4.78 is 5.45. The molecule has 0 spiro atoms. The van der Waals surface area contributed by atoms with Crippen LogP contribution in [-0.4, -0.2) is 12.8 Å². The van der Waals surface area contributed by atoms with E-state index in [1.165, 1.54) is 0 Å². The van der Waals surface area contributed by atoms with E-state index in [0.717, 1.165) is 17.0 Å². The Morgan fingerprint density at radius 2 is 1.78 bits per heavy atom. The summed E-state index contributed by atoms with van der Waals surface area (Å²) in [6.07, 6.45) is 6.96. The second-order valence-electron chi connectivity index (χ2n) is 3.62. The average molecular weight is 235 g/mol. The number of nitrogens with zero attached hydrogens (tertiary/aromatic N) is 1. The highest BCUT2D eigenvalue weighted by Crippen LogP contribution is 2.17. The molecule has 0 amide bonds. The van der Waals surface area contributed by atoms with Gasteiger partial charge in [-0.05, 0) is 24.3 Å². The van der Waals surface area contributed by atoms with E-state index in [4.69, 9.17) is 11.2 Å². The third kappa shape index (κ3) is 3.23. The molecular weight excluding hydrogens is 222 g/mol. The first-order valence-corrected chi connectivity index (χ1v) is 5.64. The van der Waals surface area contributed by atoms with Gasteiger partial charge in [-0.2, -0.15) is 0 Å². The van der Waals surface area contributed by atoms with E-state index in [0.29, 0.717) is 0 Å². The molecule has 0 aliphatic rings. The summed E-state index contributed by atoms with van der Waals surface area (Å²) in [6.45, 7) is 0.260. The first kappa shape index (κ1) is 11.9. The van der Waals surface area contributed by atoms with E-state index in [9.17, 15) is 0 Å². The zero-order valence-electron chi connectivity index (χ0n) is 9.91. The van der Waals surface area contributed by atoms with Crippen LogP contribution >= 0.6 is 0 Å². The number of aliphatic imine (C=N–C) groups is 1. The standard InChI is InChI=1S/C16H13NO/c1-2-12-18-16-11-7-6-8-14(16)13-17-15-9-4-3-5-10-15/h1,3-11,13H,12H2. The lowest BCUT2D eigenvalue weighted by atomic mass is 10.2. The maximum absolute atomic E-state index is 5.45. The minimum atomic E-state index is 0.260. The first-order chi connectivity index (χ1) is 8.90. The van der Waals surface area contributed by atoms with Crippen molar-refractivity contribution in [2.75, 3.05) is 6.61 Å². The average Bonchev–Trinajstić information content (AvgIpc) is 2.45. The van der Waals surface area contributed by atoms with Gasteiger partial charge in [-0.1, -0.05) is 36.3 Å². The van der Waals surface area contributed by atoms with Crippen LogP contribution in [0.4, 0.5) is 5.69 Å². The second kappa shape index (κ2) is 6.27. The lowest BCUT2D eigenvalue weighted by Gasteiger charge is -2.05. The third-order valence-corrected chi connectivity index (χ3v) is 2.34. The van der Waals surface area contributed by atoms with Crippen molar-refractivity contribution in [3.05, 3.63) is 60.2 Å². The van der Waals surface area contributed by atoms with Gasteiger partial charge in [0.1, 0.15) is 12.4 Å². The normalized spacial score (nSPS) is 10.2. The predicted octanol–water partition coefficient (Wildman–Crippen LogP) is 3.45. The fraction of sp³-hybridized carbons (Fsp3) is 0.0625. The molecule has 0 atom stereocenters. The highest BCUT2D eigenvalue weighted by molar-refractivity contribution is 5.85. The van der Waals surface area contributed by atoms with Crippen molar-refractivity contribution >= 4 is 11.9 Å². The Morgan fingerprint density at radius 1 is 1.06 bits per heavy atom. The topological polar surface area (TPSA) is 21.6 Å². The maximum Gasteiger partial charge on any atom is 0.148 e. The van der Waals surface area contributed by atoms with Crippen LogP contribution < -0.4 is 4.74 Å². The Bertz CT molecular complexity index is 567. The number of para-hydroxylation sites is 2. The first-order valence-electron chi connectivity index (χ1n) is 5.64. The van der Waals surface area contributed by atoms with E-state index < -0.39 is 0 Å². The fourth-order valence-corrected chi connectivity index (χ4v) is 1.50. The van der Waals surface area contributed by atoms with Crippen molar-refractivity contribution in [2.45, 2.75) is 0 Å². The second-order valence-corrected chi connectivity index (χ2v) is 3.62. The monoisotopic (exact) mass is 235 g/mol. The quantitative estimate of drug-likeness (QED) is 0.587. The summed E-state index contributed by atoms with van der Waals surface area (Å²) in [4.78, 5) is 4.39. The molecule has 0 saturated heterocycles. The molecule has 0 aliphatic carbocycles. The molecule has 0 radical (unpaired) electrons. The fourth-order valence-electron chi connectivity index (χ4n) is 1.50. The lowest BCUT2D eigenvalue weighted by Crippen LogP contribution is -1.96. The lowest BCUT2D eigenvalue weighted by molar-refractivity contribution is 0.370. The number of benzene rings is 2. The zero-order valence-corrected chi connectivity index (χ0v) is 9.91. The summed E-state index contributed by atoms with van der Waals surface area (Å²) in [7, 11) is 0. The van der Waals surface area contributed by atoms with Crippen LogP contribution in [0.25, 0.3) is 0 Å². The van der Waals surface area contributed by atoms with Crippen LogP contribution in [0.5, 0.6) is 5.75 Å². The zero-order chi connectivity index (χ0) is 12.6. The molecule has 0 fully saturated rings. The summed E-state index contributed by atoms with van der Waals surface area (Å²) in [6, 6.07) is 17.4. The predicted molar refractivity (Wildman–Crippen MR) is 74.5 cm³/mol. The van der Waals surface area contributed by atoms with Gasteiger partial charge >= 0.3 is 0 Å². The minimum absolute atomic E-state index is 0.260. The Hall–Kier alpha value is -2.53. The summed E-state index contributed by atoms with van der Waals surface area (Å²) in [5.74, 6) is 3.20. The van der Waals surface area contributed by atoms with Gasteiger partial charge in [0.2, 0.25) is 0 Å². The van der Waals surface area contributed by atoms with Gasteiger partial charge in [0, 0.05) is 11.8 Å². The molecular formula is C16H13NO. The molecule has 2 rings (SSSR count). The molecule has 0 aromatic heterocycles. The smallest absolute Gasteiger partial charge is 0.148 e. The van der Waals surface area contributed by atoms with Gasteiger partial charge in [0.25, 0.3) is 0 Å². The van der Waals surface area contributed by atoms with Crippen LogP contribution in [0.2, 0.25) is 0 Å². The van der Waals surface area contributed by atoms with Gasteiger partial charge in [0.15, 0.2) is 0 Å². The van der Waals surface area contributed by atoms with Crippen LogP contribution in [0, 0.1) is 12.3 Å². The molecule has 88 valence electrons. The van der Waals surface area contributed by atoms with Gasteiger partial charge in [0.05, 0.1) is 5.69 Å². The van der Waals surface area contributed by atoms with E-state index in [1.54, 1.807) is 6.21 Å². The minimum Gasteiger partial charge on any atom is -0.480 e. The van der Waals surface area contributed by atoms with Gasteiger partial charge in [-0.15, -0.1) is 6.42 Å². The summed E-state index contributed by atoms with van der Waals surface area (Å²) >= 11 is 0. The molecule has 0 bridgehead atoms. The highest BCUT2D eigenvalue weighted by Gasteiger charge is 1.98. The Balaban J connectivity index is 2.19. The molecule has 2 heteroatoms.